The van der Waals surface area contributed by atoms with E-state index >= 15 is 0 Å². The van der Waals surface area contributed by atoms with Crippen molar-refractivity contribution in [2.45, 2.75) is 53.6 Å². The molecule has 3 aromatic rings. The molecule has 1 saturated carbocycles. The smallest absolute Gasteiger partial charge is 0.359 e. The maximum Gasteiger partial charge on any atom is 0.359 e. The first-order valence-corrected chi connectivity index (χ1v) is 12.6. The highest BCUT2D eigenvalue weighted by molar-refractivity contribution is 6.35. The Morgan fingerprint density at radius 2 is 1.74 bits per heavy atom. The van der Waals surface area contributed by atoms with Gasteiger partial charge in [-0.2, -0.15) is 5.10 Å². The highest BCUT2D eigenvalue weighted by Crippen LogP contribution is 2.46. The summed E-state index contributed by atoms with van der Waals surface area (Å²) in [6.45, 7) is 10.7. The van der Waals surface area contributed by atoms with Gasteiger partial charge in [0.2, 0.25) is 0 Å². The molecule has 0 bridgehead atoms. The molecule has 1 fully saturated rings. The van der Waals surface area contributed by atoms with Crippen molar-refractivity contribution in [1.82, 2.24) is 9.78 Å². The highest BCUT2D eigenvalue weighted by atomic mass is 35.5. The first kappa shape index (κ1) is 25.1. The van der Waals surface area contributed by atoms with Gasteiger partial charge >= 0.3 is 5.97 Å². The fraction of sp³-hybridized carbons (Fsp3) is 0.407. The molecule has 180 valence electrons. The van der Waals surface area contributed by atoms with E-state index in [4.69, 9.17) is 44.6 Å². The summed E-state index contributed by atoms with van der Waals surface area (Å²) in [7, 11) is 0. The second kappa shape index (κ2) is 9.56. The van der Waals surface area contributed by atoms with E-state index in [1.165, 1.54) is 0 Å². The summed E-state index contributed by atoms with van der Waals surface area (Å²) in [5, 5.41) is 6.27. The van der Waals surface area contributed by atoms with Crippen LogP contribution in [0.15, 0.2) is 42.5 Å². The molecule has 2 atom stereocenters. The van der Waals surface area contributed by atoms with Crippen molar-refractivity contribution in [2.75, 3.05) is 0 Å². The summed E-state index contributed by atoms with van der Waals surface area (Å²) in [6.07, 6.45) is 1.74. The lowest BCUT2D eigenvalue weighted by molar-refractivity contribution is 0.00337. The van der Waals surface area contributed by atoms with E-state index in [-0.39, 0.29) is 17.2 Å². The summed E-state index contributed by atoms with van der Waals surface area (Å²) in [5.74, 6) is 0.662. The Morgan fingerprint density at radius 1 is 1.09 bits per heavy atom. The lowest BCUT2D eigenvalue weighted by Crippen LogP contribution is -2.29. The van der Waals surface area contributed by atoms with Crippen molar-refractivity contribution < 1.29 is 9.53 Å². The minimum Gasteiger partial charge on any atom is -0.457 e. The van der Waals surface area contributed by atoms with Crippen molar-refractivity contribution in [3.05, 3.63) is 68.8 Å². The summed E-state index contributed by atoms with van der Waals surface area (Å²) in [6, 6.07) is 12.6. The van der Waals surface area contributed by atoms with Gasteiger partial charge in [-0.3, -0.25) is 0 Å². The molecular weight excluding hydrogens is 491 g/mol. The third-order valence-electron chi connectivity index (χ3n) is 6.94. The molecule has 1 aliphatic rings. The fourth-order valence-corrected chi connectivity index (χ4v) is 5.46. The number of hydrogen-bond acceptors (Lipinski definition) is 3. The fourth-order valence-electron chi connectivity index (χ4n) is 4.85. The maximum atomic E-state index is 13.4. The lowest BCUT2D eigenvalue weighted by atomic mass is 9.86. The normalized spacial score (nSPS) is 19.6. The van der Waals surface area contributed by atoms with Crippen LogP contribution in [0.4, 0.5) is 0 Å². The van der Waals surface area contributed by atoms with E-state index < -0.39 is 5.97 Å². The number of rotatable bonds is 5. The van der Waals surface area contributed by atoms with Gasteiger partial charge < -0.3 is 4.74 Å². The molecule has 1 heterocycles. The zero-order chi connectivity index (χ0) is 24.8. The van der Waals surface area contributed by atoms with Crippen LogP contribution in [0, 0.1) is 24.2 Å². The molecule has 0 spiro atoms. The minimum atomic E-state index is -0.418. The number of nitrogens with zero attached hydrogens (tertiary/aromatic N) is 2. The highest BCUT2D eigenvalue weighted by Gasteiger charge is 2.44. The van der Waals surface area contributed by atoms with Crippen LogP contribution in [0.2, 0.25) is 15.1 Å². The first-order valence-electron chi connectivity index (χ1n) is 11.5. The standard InChI is InChI=1S/C27H29Cl3N2O2/c1-15(2)18-12-23(27(4,5)14-18)34-26(33)24-16(3)25(17-6-8-19(28)9-7-17)32(31-24)22-11-10-20(29)13-21(22)30/h6-11,13,15,18,23H,12,14H2,1-5H3/t18-,23+/m1/s1. The largest absolute Gasteiger partial charge is 0.457 e. The summed E-state index contributed by atoms with van der Waals surface area (Å²) in [4.78, 5) is 13.4. The zero-order valence-corrected chi connectivity index (χ0v) is 22.3. The quantitative estimate of drug-likeness (QED) is 0.318. The number of ether oxygens (including phenoxy) is 1. The molecule has 4 rings (SSSR count). The Kier molecular flexibility index (Phi) is 7.06. The van der Waals surface area contributed by atoms with Gasteiger partial charge in [-0.05, 0) is 61.9 Å². The van der Waals surface area contributed by atoms with Gasteiger partial charge in [-0.15, -0.1) is 0 Å². The van der Waals surface area contributed by atoms with Crippen molar-refractivity contribution in [3.63, 3.8) is 0 Å². The average molecular weight is 520 g/mol. The van der Waals surface area contributed by atoms with Crippen molar-refractivity contribution in [1.29, 1.82) is 0 Å². The van der Waals surface area contributed by atoms with Crippen LogP contribution in [0.3, 0.4) is 0 Å². The first-order chi connectivity index (χ1) is 16.0. The molecule has 0 aliphatic heterocycles. The van der Waals surface area contributed by atoms with Crippen LogP contribution in [0.25, 0.3) is 16.9 Å². The topological polar surface area (TPSA) is 44.1 Å². The molecule has 1 aliphatic carbocycles. The second-order valence-electron chi connectivity index (χ2n) is 10.2. The lowest BCUT2D eigenvalue weighted by Gasteiger charge is -2.26. The van der Waals surface area contributed by atoms with Crippen LogP contribution in [-0.2, 0) is 4.74 Å². The molecule has 34 heavy (non-hydrogen) atoms. The molecule has 0 N–H and O–H groups in total. The van der Waals surface area contributed by atoms with Gasteiger partial charge in [0.25, 0.3) is 0 Å². The Bertz CT molecular complexity index is 1220. The predicted molar refractivity (Wildman–Crippen MR) is 139 cm³/mol. The number of esters is 1. The maximum absolute atomic E-state index is 13.4. The van der Waals surface area contributed by atoms with Crippen molar-refractivity contribution in [3.8, 4) is 16.9 Å². The van der Waals surface area contributed by atoms with Crippen LogP contribution in [-0.4, -0.2) is 21.9 Å². The number of aromatic nitrogens is 2. The summed E-state index contributed by atoms with van der Waals surface area (Å²) in [5.41, 5.74) is 3.15. The third kappa shape index (κ3) is 4.86. The SMILES string of the molecule is Cc1c(C(=O)O[C@H]2C[C@@H](C(C)C)CC2(C)C)nn(-c2ccc(Cl)cc2Cl)c1-c1ccc(Cl)cc1. The number of carbonyl (C=O) groups excluding carboxylic acids is 1. The summed E-state index contributed by atoms with van der Waals surface area (Å²) < 4.78 is 7.78. The molecular formula is C27H29Cl3N2O2. The number of carbonyl (C=O) groups is 1. The molecule has 0 saturated heterocycles. The molecule has 7 heteroatoms. The van der Waals surface area contributed by atoms with E-state index in [0.717, 1.165) is 29.7 Å². The van der Waals surface area contributed by atoms with E-state index in [0.29, 0.717) is 32.6 Å². The van der Waals surface area contributed by atoms with E-state index in [1.54, 1.807) is 22.9 Å². The number of halogens is 3. The Morgan fingerprint density at radius 3 is 2.32 bits per heavy atom. The van der Waals surface area contributed by atoms with Crippen molar-refractivity contribution in [2.24, 2.45) is 17.3 Å². The molecule has 0 radical (unpaired) electrons. The van der Waals surface area contributed by atoms with Gasteiger partial charge in [-0.1, -0.05) is 74.6 Å². The second-order valence-corrected chi connectivity index (χ2v) is 11.4. The number of hydrogen-bond donors (Lipinski definition) is 0. The summed E-state index contributed by atoms with van der Waals surface area (Å²) >= 11 is 18.8. The Labute approximate surface area is 216 Å². The van der Waals surface area contributed by atoms with E-state index in [1.807, 2.05) is 31.2 Å². The molecule has 1 aromatic heterocycles. The predicted octanol–water partition coefficient (Wildman–Crippen LogP) is 8.43. The van der Waals surface area contributed by atoms with E-state index in [2.05, 4.69) is 27.7 Å². The zero-order valence-electron chi connectivity index (χ0n) is 20.0. The van der Waals surface area contributed by atoms with E-state index in [9.17, 15) is 4.79 Å². The average Bonchev–Trinajstić information content (AvgIpc) is 3.25. The van der Waals surface area contributed by atoms with Gasteiger partial charge in [0.05, 0.1) is 16.4 Å². The minimum absolute atomic E-state index is 0.0838. The molecule has 4 nitrogen and oxygen atoms in total. The Hall–Kier alpha value is -2.01. The molecule has 2 aromatic carbocycles. The van der Waals surface area contributed by atoms with Crippen LogP contribution in [0.1, 0.15) is 56.6 Å². The molecule has 0 unspecified atom stereocenters. The van der Waals surface area contributed by atoms with Crippen LogP contribution >= 0.6 is 34.8 Å². The number of benzene rings is 2. The monoisotopic (exact) mass is 518 g/mol. The molecule has 0 amide bonds. The third-order valence-corrected chi connectivity index (χ3v) is 7.73. The van der Waals surface area contributed by atoms with Gasteiger partial charge in [0.15, 0.2) is 5.69 Å². The van der Waals surface area contributed by atoms with Gasteiger partial charge in [0, 0.05) is 26.6 Å². The Balaban J connectivity index is 1.76. The van der Waals surface area contributed by atoms with Crippen LogP contribution in [0.5, 0.6) is 0 Å². The van der Waals surface area contributed by atoms with Gasteiger partial charge in [-0.25, -0.2) is 9.48 Å². The van der Waals surface area contributed by atoms with Crippen molar-refractivity contribution >= 4 is 40.8 Å². The van der Waals surface area contributed by atoms with Gasteiger partial charge in [0.1, 0.15) is 6.10 Å². The van der Waals surface area contributed by atoms with Crippen LogP contribution < -0.4 is 0 Å².